The molecule has 1 aromatic rings. The van der Waals surface area contributed by atoms with E-state index in [1.165, 1.54) is 11.3 Å². The zero-order chi connectivity index (χ0) is 16.1. The van der Waals surface area contributed by atoms with Gasteiger partial charge in [-0.3, -0.25) is 0 Å². The van der Waals surface area contributed by atoms with Crippen molar-refractivity contribution in [2.45, 2.75) is 45.3 Å². The molecule has 0 aliphatic rings. The lowest BCUT2D eigenvalue weighted by Gasteiger charge is -2.23. The third-order valence-corrected chi connectivity index (χ3v) is 3.34. The molecule has 0 saturated carbocycles. The molecule has 5 nitrogen and oxygen atoms in total. The molecule has 1 amide bonds. The number of ether oxygens (including phenoxy) is 1. The highest BCUT2D eigenvalue weighted by Gasteiger charge is 2.31. The van der Waals surface area contributed by atoms with Crippen LogP contribution in [0.4, 0.5) is 13.6 Å². The highest BCUT2D eigenvalue weighted by molar-refractivity contribution is 7.09. The molecule has 0 radical (unpaired) electrons. The van der Waals surface area contributed by atoms with Crippen LogP contribution in [-0.2, 0) is 4.74 Å². The van der Waals surface area contributed by atoms with E-state index in [-0.39, 0.29) is 6.04 Å². The lowest BCUT2D eigenvalue weighted by Crippen LogP contribution is -2.45. The first kappa shape index (κ1) is 17.8. The van der Waals surface area contributed by atoms with E-state index < -0.39 is 30.7 Å². The molecule has 1 unspecified atom stereocenters. The van der Waals surface area contributed by atoms with Crippen LogP contribution in [0.5, 0.6) is 0 Å². The van der Waals surface area contributed by atoms with E-state index >= 15 is 0 Å². The second kappa shape index (κ2) is 7.13. The molecular formula is C13H21F2N3O2S. The fourth-order valence-electron chi connectivity index (χ4n) is 1.42. The number of aromatic nitrogens is 1. The molecule has 0 aromatic carbocycles. The van der Waals surface area contributed by atoms with Gasteiger partial charge in [0.15, 0.2) is 0 Å². The SMILES string of the molecule is CC(NCC(F)(F)CNC(=O)OC(C)(C)C)c1nccs1. The van der Waals surface area contributed by atoms with Crippen LogP contribution in [0.2, 0.25) is 0 Å². The lowest BCUT2D eigenvalue weighted by atomic mass is 10.2. The summed E-state index contributed by atoms with van der Waals surface area (Å²) in [4.78, 5) is 15.4. The summed E-state index contributed by atoms with van der Waals surface area (Å²) < 4.78 is 32.2. The van der Waals surface area contributed by atoms with Crippen molar-refractivity contribution >= 4 is 17.4 Å². The van der Waals surface area contributed by atoms with Crippen LogP contribution in [0.25, 0.3) is 0 Å². The van der Waals surface area contributed by atoms with Gasteiger partial charge in [-0.05, 0) is 27.7 Å². The van der Waals surface area contributed by atoms with E-state index in [0.29, 0.717) is 0 Å². The maximum absolute atomic E-state index is 13.7. The van der Waals surface area contributed by atoms with Gasteiger partial charge in [-0.25, -0.2) is 18.6 Å². The van der Waals surface area contributed by atoms with E-state index in [9.17, 15) is 13.6 Å². The number of alkyl halides is 2. The van der Waals surface area contributed by atoms with Gasteiger partial charge >= 0.3 is 6.09 Å². The van der Waals surface area contributed by atoms with Gasteiger partial charge in [-0.2, -0.15) is 0 Å². The Balaban J connectivity index is 2.35. The number of carbonyl (C=O) groups excluding carboxylic acids is 1. The summed E-state index contributed by atoms with van der Waals surface area (Å²) in [7, 11) is 0. The number of thiazole rings is 1. The van der Waals surface area contributed by atoms with Crippen LogP contribution in [0, 0.1) is 0 Å². The van der Waals surface area contributed by atoms with Gasteiger partial charge in [0, 0.05) is 11.6 Å². The number of nitrogens with one attached hydrogen (secondary N) is 2. The minimum atomic E-state index is -3.07. The van der Waals surface area contributed by atoms with E-state index in [1.54, 1.807) is 39.3 Å². The van der Waals surface area contributed by atoms with Gasteiger partial charge in [0.1, 0.15) is 10.6 Å². The van der Waals surface area contributed by atoms with E-state index in [0.717, 1.165) is 5.01 Å². The Kier molecular flexibility index (Phi) is 6.03. The molecule has 0 aliphatic carbocycles. The molecule has 1 rings (SSSR count). The smallest absolute Gasteiger partial charge is 0.407 e. The van der Waals surface area contributed by atoms with Crippen molar-refractivity contribution in [2.24, 2.45) is 0 Å². The van der Waals surface area contributed by atoms with Gasteiger partial charge < -0.3 is 15.4 Å². The number of rotatable bonds is 6. The Bertz CT molecular complexity index is 447. The molecular weight excluding hydrogens is 300 g/mol. The van der Waals surface area contributed by atoms with Crippen molar-refractivity contribution in [1.29, 1.82) is 0 Å². The van der Waals surface area contributed by atoms with Crippen molar-refractivity contribution in [3.63, 3.8) is 0 Å². The molecule has 2 N–H and O–H groups in total. The minimum Gasteiger partial charge on any atom is -0.444 e. The fraction of sp³-hybridized carbons (Fsp3) is 0.692. The van der Waals surface area contributed by atoms with Crippen molar-refractivity contribution in [2.75, 3.05) is 13.1 Å². The summed E-state index contributed by atoms with van der Waals surface area (Å²) >= 11 is 1.40. The van der Waals surface area contributed by atoms with Crippen LogP contribution < -0.4 is 10.6 Å². The molecule has 120 valence electrons. The largest absolute Gasteiger partial charge is 0.444 e. The summed E-state index contributed by atoms with van der Waals surface area (Å²) in [6, 6.07) is -0.266. The summed E-state index contributed by atoms with van der Waals surface area (Å²) in [5.41, 5.74) is -0.711. The molecule has 0 aliphatic heterocycles. The third kappa shape index (κ3) is 7.33. The number of hydrogen-bond acceptors (Lipinski definition) is 5. The molecule has 0 bridgehead atoms. The van der Waals surface area contributed by atoms with E-state index in [4.69, 9.17) is 4.74 Å². The maximum Gasteiger partial charge on any atom is 0.407 e. The Labute approximate surface area is 127 Å². The van der Waals surface area contributed by atoms with Crippen LogP contribution in [0.15, 0.2) is 11.6 Å². The van der Waals surface area contributed by atoms with Crippen LogP contribution >= 0.6 is 11.3 Å². The molecule has 1 atom stereocenters. The zero-order valence-corrected chi connectivity index (χ0v) is 13.4. The maximum atomic E-state index is 13.7. The topological polar surface area (TPSA) is 63.2 Å². The van der Waals surface area contributed by atoms with Gasteiger partial charge in [0.05, 0.1) is 19.1 Å². The fourth-order valence-corrected chi connectivity index (χ4v) is 2.09. The second-order valence-corrected chi connectivity index (χ2v) is 6.61. The van der Waals surface area contributed by atoms with Crippen molar-refractivity contribution in [3.8, 4) is 0 Å². The van der Waals surface area contributed by atoms with Gasteiger partial charge in [0.2, 0.25) is 0 Å². The van der Waals surface area contributed by atoms with Crippen molar-refractivity contribution in [1.82, 2.24) is 15.6 Å². The standard InChI is InChI=1S/C13H21F2N3O2S/c1-9(10-16-5-6-21-10)17-7-13(14,15)8-18-11(19)20-12(2,3)4/h5-6,9,17H,7-8H2,1-4H3,(H,18,19). The first-order valence-corrected chi connectivity index (χ1v) is 7.44. The molecule has 8 heteroatoms. The average Bonchev–Trinajstić information content (AvgIpc) is 2.85. The van der Waals surface area contributed by atoms with Crippen molar-refractivity contribution in [3.05, 3.63) is 16.6 Å². The number of nitrogens with zero attached hydrogens (tertiary/aromatic N) is 1. The summed E-state index contributed by atoms with van der Waals surface area (Å²) in [5.74, 6) is -3.07. The number of alkyl carbamates (subject to hydrolysis) is 1. The van der Waals surface area contributed by atoms with E-state index in [2.05, 4.69) is 15.6 Å². The van der Waals surface area contributed by atoms with E-state index in [1.807, 2.05) is 0 Å². The van der Waals surface area contributed by atoms with Gasteiger partial charge in [-0.15, -0.1) is 11.3 Å². The average molecular weight is 321 g/mol. The lowest BCUT2D eigenvalue weighted by molar-refractivity contribution is -0.00525. The first-order chi connectivity index (χ1) is 9.59. The van der Waals surface area contributed by atoms with Crippen LogP contribution in [0.3, 0.4) is 0 Å². The Morgan fingerprint density at radius 2 is 2.10 bits per heavy atom. The predicted molar refractivity (Wildman–Crippen MR) is 77.7 cm³/mol. The number of amides is 1. The Morgan fingerprint density at radius 3 is 2.62 bits per heavy atom. The van der Waals surface area contributed by atoms with Crippen molar-refractivity contribution < 1.29 is 18.3 Å². The van der Waals surface area contributed by atoms with Crippen LogP contribution in [0.1, 0.15) is 38.7 Å². The molecule has 1 aromatic heterocycles. The Morgan fingerprint density at radius 1 is 1.43 bits per heavy atom. The molecule has 0 saturated heterocycles. The van der Waals surface area contributed by atoms with Gasteiger partial charge in [0.25, 0.3) is 5.92 Å². The number of hydrogen-bond donors (Lipinski definition) is 2. The van der Waals surface area contributed by atoms with Crippen LogP contribution in [-0.4, -0.2) is 35.7 Å². The number of carbonyl (C=O) groups is 1. The normalized spacial score (nSPS) is 13.8. The molecule has 1 heterocycles. The monoisotopic (exact) mass is 321 g/mol. The Hall–Kier alpha value is -1.28. The first-order valence-electron chi connectivity index (χ1n) is 6.56. The minimum absolute atomic E-state index is 0.266. The number of halogens is 2. The summed E-state index contributed by atoms with van der Waals surface area (Å²) in [6.45, 7) is 5.44. The van der Waals surface area contributed by atoms with Gasteiger partial charge in [-0.1, -0.05) is 0 Å². The highest BCUT2D eigenvalue weighted by Crippen LogP contribution is 2.17. The zero-order valence-electron chi connectivity index (χ0n) is 12.6. The third-order valence-electron chi connectivity index (χ3n) is 2.38. The highest BCUT2D eigenvalue weighted by atomic mass is 32.1. The molecule has 0 fully saturated rings. The molecule has 21 heavy (non-hydrogen) atoms. The second-order valence-electron chi connectivity index (χ2n) is 5.68. The molecule has 0 spiro atoms. The predicted octanol–water partition coefficient (Wildman–Crippen LogP) is 2.95. The summed E-state index contributed by atoms with van der Waals surface area (Å²) in [6.07, 6.45) is 0.774. The summed E-state index contributed by atoms with van der Waals surface area (Å²) in [5, 5.41) is 7.31. The quantitative estimate of drug-likeness (QED) is 0.845.